The van der Waals surface area contributed by atoms with Gasteiger partial charge >= 0.3 is 30.9 Å². The van der Waals surface area contributed by atoms with Crippen molar-refractivity contribution in [1.29, 1.82) is 0 Å². The van der Waals surface area contributed by atoms with Gasteiger partial charge in [0.2, 0.25) is 0 Å². The van der Waals surface area contributed by atoms with Crippen molar-refractivity contribution < 1.29 is 57.9 Å². The van der Waals surface area contributed by atoms with E-state index in [1.165, 1.54) is 0 Å². The van der Waals surface area contributed by atoms with Gasteiger partial charge in [0.25, 0.3) is 0 Å². The fourth-order valence-electron chi connectivity index (χ4n) is 0.901. The van der Waals surface area contributed by atoms with Crippen LogP contribution in [-0.2, 0) is 23.0 Å². The van der Waals surface area contributed by atoms with Crippen LogP contribution in [0.3, 0.4) is 0 Å². The molecule has 0 aromatic carbocycles. The molecule has 3 atom stereocenters. The molecule has 5 N–H and O–H groups in total. The Morgan fingerprint density at radius 3 is 1.95 bits per heavy atom. The first-order valence-corrected chi connectivity index (χ1v) is 7.76. The van der Waals surface area contributed by atoms with Gasteiger partial charge in [0.1, 0.15) is 24.9 Å². The molecule has 12 nitrogen and oxygen atoms in total. The first-order chi connectivity index (χ1) is 8.83. The second kappa shape index (κ2) is 9.63. The van der Waals surface area contributed by atoms with Crippen LogP contribution in [0.1, 0.15) is 0 Å². The Labute approximate surface area is 134 Å². The largest absolute Gasteiger partial charge is 2.00 e. The van der Waals surface area contributed by atoms with E-state index >= 15 is 0 Å². The average molecular weight is 362 g/mol. The van der Waals surface area contributed by atoms with E-state index in [9.17, 15) is 39.0 Å². The zero-order valence-electron chi connectivity index (χ0n) is 10.3. The standard InChI is InChI=1S/C6H14O12P2.Mg/c7-3(1-17-19(11,12)13)5(9)6(10)4(8)2-18-20(14,15)16;/h3,5-7,9-10H,1-2H2,(H2,11,12,13)(H2,14,15,16);/q;+2/p-2/t3-,5-,6-;/m1./s1. The number of aliphatic hydroxyl groups is 3. The molecule has 0 unspecified atom stereocenters. The number of carbonyl (C=O) groups excluding carboxylic acids is 1. The molecular formula is C6H12MgO12P2. The number of ketones is 1. The predicted molar refractivity (Wildman–Crippen MR) is 60.3 cm³/mol. The Bertz CT molecular complexity index is 416. The third kappa shape index (κ3) is 11.7. The van der Waals surface area contributed by atoms with E-state index in [0.29, 0.717) is 0 Å². The fourth-order valence-corrected chi connectivity index (χ4v) is 1.53. The van der Waals surface area contributed by atoms with Gasteiger partial charge < -0.3 is 44.0 Å². The van der Waals surface area contributed by atoms with Crippen LogP contribution in [0.4, 0.5) is 0 Å². The molecule has 0 fully saturated rings. The second-order valence-electron chi connectivity index (χ2n) is 3.48. The van der Waals surface area contributed by atoms with Crippen molar-refractivity contribution in [3.63, 3.8) is 0 Å². The zero-order chi connectivity index (χ0) is 16.1. The van der Waals surface area contributed by atoms with Gasteiger partial charge in [0.05, 0.1) is 14.4 Å². The number of phosphoric ester groups is 2. The molecule has 0 saturated heterocycles. The first-order valence-electron chi connectivity index (χ1n) is 4.77. The van der Waals surface area contributed by atoms with E-state index in [1.54, 1.807) is 0 Å². The Morgan fingerprint density at radius 1 is 1.10 bits per heavy atom. The van der Waals surface area contributed by atoms with Crippen LogP contribution in [0.5, 0.6) is 0 Å². The maximum Gasteiger partial charge on any atom is 2.00 e. The van der Waals surface area contributed by atoms with Gasteiger partial charge in [-0.3, -0.25) is 9.32 Å². The van der Waals surface area contributed by atoms with Gasteiger partial charge in [-0.25, -0.2) is 4.57 Å². The number of aliphatic hydroxyl groups excluding tert-OH is 3. The maximum atomic E-state index is 11.1. The Morgan fingerprint density at radius 2 is 1.57 bits per heavy atom. The van der Waals surface area contributed by atoms with Gasteiger partial charge in [-0.15, -0.1) is 0 Å². The SMILES string of the molecule is O=C(COP(=O)([O-])[O-])[C@@H](O)[C@H](O)[C@H](O)COP(=O)(O)O.[Mg+2]. The minimum absolute atomic E-state index is 0. The monoisotopic (exact) mass is 362 g/mol. The molecule has 0 rings (SSSR count). The molecule has 0 spiro atoms. The van der Waals surface area contributed by atoms with Crippen molar-refractivity contribution in [2.75, 3.05) is 13.2 Å². The Kier molecular flexibility index (Phi) is 10.9. The maximum absolute atomic E-state index is 11.1. The van der Waals surface area contributed by atoms with E-state index in [1.807, 2.05) is 0 Å². The smallest absolute Gasteiger partial charge is 0.790 e. The van der Waals surface area contributed by atoms with Crippen LogP contribution in [0, 0.1) is 0 Å². The van der Waals surface area contributed by atoms with E-state index in [2.05, 4.69) is 9.05 Å². The van der Waals surface area contributed by atoms with E-state index in [4.69, 9.17) is 9.79 Å². The van der Waals surface area contributed by atoms with E-state index in [-0.39, 0.29) is 23.1 Å². The van der Waals surface area contributed by atoms with Crippen LogP contribution < -0.4 is 9.79 Å². The van der Waals surface area contributed by atoms with Crippen molar-refractivity contribution in [1.82, 2.24) is 0 Å². The van der Waals surface area contributed by atoms with Gasteiger partial charge in [-0.1, -0.05) is 0 Å². The molecule has 0 saturated carbocycles. The minimum Gasteiger partial charge on any atom is -0.790 e. The third-order valence-electron chi connectivity index (χ3n) is 1.83. The topological polar surface area (TPSA) is 217 Å². The molecule has 0 amide bonds. The Hall–Kier alpha value is 0.536. The quantitative estimate of drug-likeness (QED) is 0.193. The number of hydrogen-bond acceptors (Lipinski definition) is 10. The summed E-state index contributed by atoms with van der Waals surface area (Å²) < 4.78 is 27.7. The molecule has 0 bridgehead atoms. The zero-order valence-corrected chi connectivity index (χ0v) is 13.5. The normalized spacial score (nSPS) is 16.7. The van der Waals surface area contributed by atoms with Crippen LogP contribution >= 0.6 is 15.6 Å². The number of hydrogen-bond donors (Lipinski definition) is 5. The third-order valence-corrected chi connectivity index (χ3v) is 2.76. The minimum atomic E-state index is -5.45. The molecule has 15 heteroatoms. The molecule has 0 aromatic heterocycles. The average Bonchev–Trinajstić information content (AvgIpc) is 2.29. The van der Waals surface area contributed by atoms with Crippen molar-refractivity contribution >= 4 is 44.5 Å². The summed E-state index contributed by atoms with van der Waals surface area (Å²) in [5, 5.41) is 27.6. The molecule has 0 aromatic rings. The van der Waals surface area contributed by atoms with Crippen molar-refractivity contribution in [2.45, 2.75) is 18.3 Å². The second-order valence-corrected chi connectivity index (χ2v) is 5.87. The van der Waals surface area contributed by atoms with Gasteiger partial charge in [-0.05, 0) is 0 Å². The van der Waals surface area contributed by atoms with Gasteiger partial charge in [0, 0.05) is 0 Å². The van der Waals surface area contributed by atoms with Gasteiger partial charge in [0.15, 0.2) is 5.78 Å². The predicted octanol–water partition coefficient (Wildman–Crippen LogP) is -4.79. The molecule has 0 aliphatic rings. The summed E-state index contributed by atoms with van der Waals surface area (Å²) in [6.07, 6.45) is -6.65. The van der Waals surface area contributed by atoms with Crippen LogP contribution in [-0.4, -0.2) is 85.5 Å². The summed E-state index contributed by atoms with van der Waals surface area (Å²) in [4.78, 5) is 47.9. The van der Waals surface area contributed by atoms with Crippen molar-refractivity contribution in [3.05, 3.63) is 0 Å². The Balaban J connectivity index is 0. The number of phosphoric acid groups is 2. The first kappa shape index (κ1) is 23.8. The van der Waals surface area contributed by atoms with Gasteiger partial charge in [-0.2, -0.15) is 0 Å². The fraction of sp³-hybridized carbons (Fsp3) is 0.833. The van der Waals surface area contributed by atoms with Crippen LogP contribution in [0.15, 0.2) is 0 Å². The summed E-state index contributed by atoms with van der Waals surface area (Å²) in [6.45, 7) is -2.48. The molecular weight excluding hydrogens is 350 g/mol. The molecule has 21 heavy (non-hydrogen) atoms. The van der Waals surface area contributed by atoms with E-state index in [0.717, 1.165) is 0 Å². The number of Topliss-reactive ketones (excluding diaryl/α,β-unsaturated/α-hetero) is 1. The summed E-state index contributed by atoms with van der Waals surface area (Å²) in [5.41, 5.74) is 0. The van der Waals surface area contributed by atoms with Crippen molar-refractivity contribution in [2.24, 2.45) is 0 Å². The number of rotatable bonds is 9. The number of carbonyl (C=O) groups is 1. The van der Waals surface area contributed by atoms with Crippen LogP contribution in [0.25, 0.3) is 0 Å². The molecule has 0 heterocycles. The molecule has 120 valence electrons. The van der Waals surface area contributed by atoms with Crippen molar-refractivity contribution in [3.8, 4) is 0 Å². The molecule has 0 aliphatic carbocycles. The summed E-state index contributed by atoms with van der Waals surface area (Å²) in [5.74, 6) is -1.44. The van der Waals surface area contributed by atoms with E-state index < -0.39 is 53.0 Å². The van der Waals surface area contributed by atoms with Crippen LogP contribution in [0.2, 0.25) is 0 Å². The summed E-state index contributed by atoms with van der Waals surface area (Å²) in [6, 6.07) is 0. The molecule has 0 radical (unpaired) electrons. The molecule has 0 aliphatic heterocycles. The summed E-state index contributed by atoms with van der Waals surface area (Å²) in [7, 11) is -10.4. The summed E-state index contributed by atoms with van der Waals surface area (Å²) >= 11 is 0.